The molecule has 5 nitrogen and oxygen atoms in total. The fourth-order valence-electron chi connectivity index (χ4n) is 3.36. The normalized spacial score (nSPS) is 11.2. The number of hydrogen-bond acceptors (Lipinski definition) is 2. The number of hydrogen-bond donors (Lipinski definition) is 2. The first-order valence-electron chi connectivity index (χ1n) is 10.4. The van der Waals surface area contributed by atoms with Gasteiger partial charge in [0, 0.05) is 33.9 Å². The Morgan fingerprint density at radius 1 is 1.13 bits per heavy atom. The lowest BCUT2D eigenvalue weighted by Gasteiger charge is -2.09. The molecule has 1 aromatic heterocycles. The lowest BCUT2D eigenvalue weighted by Crippen LogP contribution is -2.00. The number of rotatable bonds is 4. The molecule has 0 bridgehead atoms. The standard InChI is InChI=1S/C20H23N5.C3H6.C2H6/c1-13(2)10-14(3)12-25-18-7-5-4-6-16(18)17-11-15(8-9-19(17)25)20(21)23-24-22;1-3-2;1-2/h4-11,13H,12H2,1-3H3,(H3,21,22,23);3H,1H2,2H3;1-2H3/b14-10+;;. The highest BCUT2D eigenvalue weighted by Crippen LogP contribution is 2.30. The van der Waals surface area contributed by atoms with Gasteiger partial charge in [0.25, 0.3) is 0 Å². The summed E-state index contributed by atoms with van der Waals surface area (Å²) in [6, 6.07) is 14.3. The number of benzene rings is 2. The minimum absolute atomic E-state index is 0.0668. The molecule has 3 N–H and O–H groups in total. The number of amidine groups is 1. The van der Waals surface area contributed by atoms with Crippen molar-refractivity contribution in [3.63, 3.8) is 0 Å². The van der Waals surface area contributed by atoms with Crippen molar-refractivity contribution in [1.82, 2.24) is 4.57 Å². The number of nitrogens with zero attached hydrogens (tertiary/aromatic N) is 3. The van der Waals surface area contributed by atoms with Crippen LogP contribution in [0.5, 0.6) is 0 Å². The fourth-order valence-corrected chi connectivity index (χ4v) is 3.36. The number of nitrogens with two attached hydrogens (primary N) is 1. The molecule has 0 fully saturated rings. The summed E-state index contributed by atoms with van der Waals surface area (Å²) in [5.41, 5.74) is 4.39. The summed E-state index contributed by atoms with van der Waals surface area (Å²) in [5, 5.41) is 17.1. The van der Waals surface area contributed by atoms with Gasteiger partial charge in [-0.2, -0.15) is 0 Å². The van der Waals surface area contributed by atoms with Gasteiger partial charge < -0.3 is 10.4 Å². The topological polar surface area (TPSA) is 79.5 Å². The summed E-state index contributed by atoms with van der Waals surface area (Å²) in [6.45, 7) is 16.7. The maximum Gasteiger partial charge on any atom is 0.176 e. The van der Waals surface area contributed by atoms with E-state index in [9.17, 15) is 0 Å². The van der Waals surface area contributed by atoms with Crippen molar-refractivity contribution in [1.29, 1.82) is 5.41 Å². The second-order valence-corrected chi connectivity index (χ2v) is 7.06. The Morgan fingerprint density at radius 3 is 2.33 bits per heavy atom. The smallest absolute Gasteiger partial charge is 0.176 e. The molecular formula is C25H35N5. The fraction of sp³-hybridized carbons (Fsp3) is 0.320. The lowest BCUT2D eigenvalue weighted by atomic mass is 10.1. The van der Waals surface area contributed by atoms with Crippen molar-refractivity contribution in [2.45, 2.75) is 48.1 Å². The lowest BCUT2D eigenvalue weighted by molar-refractivity contribution is 0.782. The Kier molecular flexibility index (Phi) is 10.2. The molecule has 0 aliphatic heterocycles. The van der Waals surface area contributed by atoms with Gasteiger partial charge in [0.15, 0.2) is 5.84 Å². The zero-order valence-electron chi connectivity index (χ0n) is 19.1. The minimum atomic E-state index is 0.0668. The van der Waals surface area contributed by atoms with Gasteiger partial charge in [-0.05, 0) is 44.0 Å². The van der Waals surface area contributed by atoms with E-state index in [4.69, 9.17) is 11.3 Å². The highest BCUT2D eigenvalue weighted by atomic mass is 15.3. The molecule has 0 spiro atoms. The molecule has 0 unspecified atom stereocenters. The Bertz CT molecular complexity index is 1040. The van der Waals surface area contributed by atoms with E-state index in [1.807, 2.05) is 45.0 Å². The number of aromatic nitrogens is 1. The molecule has 3 rings (SSSR count). The first-order chi connectivity index (χ1) is 14.4. The predicted molar refractivity (Wildman–Crippen MR) is 131 cm³/mol. The molecule has 3 aromatic rings. The van der Waals surface area contributed by atoms with E-state index in [-0.39, 0.29) is 5.84 Å². The molecule has 5 heteroatoms. The Morgan fingerprint density at radius 2 is 1.73 bits per heavy atom. The third kappa shape index (κ3) is 6.14. The molecule has 160 valence electrons. The summed E-state index contributed by atoms with van der Waals surface area (Å²) >= 11 is 0. The van der Waals surface area contributed by atoms with Gasteiger partial charge in [-0.15, -0.1) is 11.7 Å². The van der Waals surface area contributed by atoms with Crippen LogP contribution < -0.4 is 5.84 Å². The van der Waals surface area contributed by atoms with Gasteiger partial charge >= 0.3 is 0 Å². The molecule has 30 heavy (non-hydrogen) atoms. The average molecular weight is 406 g/mol. The Balaban J connectivity index is 0.000000826. The summed E-state index contributed by atoms with van der Waals surface area (Å²) in [5.74, 6) is 5.67. The number of nitrogens with one attached hydrogen (secondary N) is 1. The Labute approximate surface area is 180 Å². The molecule has 0 aliphatic carbocycles. The number of fused-ring (bicyclic) bond motifs is 3. The largest absolute Gasteiger partial charge is 0.336 e. The summed E-state index contributed by atoms with van der Waals surface area (Å²) < 4.78 is 2.33. The predicted octanol–water partition coefficient (Wildman–Crippen LogP) is 7.27. The van der Waals surface area contributed by atoms with Crippen LogP contribution in [-0.2, 0) is 6.54 Å². The molecule has 1 heterocycles. The third-order valence-electron chi connectivity index (χ3n) is 4.23. The first kappa shape index (κ1) is 24.8. The number of para-hydroxylation sites is 1. The van der Waals surface area contributed by atoms with Gasteiger partial charge in [-0.1, -0.05) is 68.8 Å². The SMILES string of the molecule is C/C(=C\C(C)C)Cn1c2ccccc2c2cc(C(=N)N=NN)ccc21.C=CC.CC. The van der Waals surface area contributed by atoms with Crippen molar-refractivity contribution in [2.75, 3.05) is 0 Å². The van der Waals surface area contributed by atoms with Crippen molar-refractivity contribution in [2.24, 2.45) is 22.1 Å². The van der Waals surface area contributed by atoms with Crippen LogP contribution in [0.2, 0.25) is 0 Å². The van der Waals surface area contributed by atoms with E-state index in [1.165, 1.54) is 16.5 Å². The van der Waals surface area contributed by atoms with Crippen LogP contribution in [0.15, 0.2) is 77.1 Å². The Hall–Kier alpha value is -3.21. The quantitative estimate of drug-likeness (QED) is 0.117. The van der Waals surface area contributed by atoms with Crippen molar-refractivity contribution >= 4 is 27.6 Å². The van der Waals surface area contributed by atoms with Crippen molar-refractivity contribution in [3.8, 4) is 0 Å². The van der Waals surface area contributed by atoms with Gasteiger partial charge in [0.05, 0.1) is 0 Å². The van der Waals surface area contributed by atoms with Crippen molar-refractivity contribution < 1.29 is 0 Å². The highest BCUT2D eigenvalue weighted by Gasteiger charge is 2.12. The van der Waals surface area contributed by atoms with Crippen LogP contribution in [0.4, 0.5) is 0 Å². The average Bonchev–Trinajstić information content (AvgIpc) is 3.03. The van der Waals surface area contributed by atoms with Crippen LogP contribution >= 0.6 is 0 Å². The van der Waals surface area contributed by atoms with Crippen LogP contribution in [-0.4, -0.2) is 10.4 Å². The van der Waals surface area contributed by atoms with Gasteiger partial charge in [-0.3, -0.25) is 5.41 Å². The van der Waals surface area contributed by atoms with E-state index < -0.39 is 0 Å². The summed E-state index contributed by atoms with van der Waals surface area (Å²) in [6.07, 6.45) is 4.05. The molecule has 0 saturated heterocycles. The maximum absolute atomic E-state index is 7.95. The van der Waals surface area contributed by atoms with Crippen molar-refractivity contribution in [3.05, 3.63) is 72.3 Å². The van der Waals surface area contributed by atoms with E-state index >= 15 is 0 Å². The first-order valence-corrected chi connectivity index (χ1v) is 10.4. The van der Waals surface area contributed by atoms with E-state index in [1.54, 1.807) is 6.08 Å². The second kappa shape index (κ2) is 12.4. The van der Waals surface area contributed by atoms with E-state index in [0.29, 0.717) is 11.5 Å². The molecule has 0 radical (unpaired) electrons. The molecule has 0 aliphatic rings. The third-order valence-corrected chi connectivity index (χ3v) is 4.23. The minimum Gasteiger partial charge on any atom is -0.336 e. The molecule has 0 amide bonds. The second-order valence-electron chi connectivity index (χ2n) is 7.06. The maximum atomic E-state index is 7.95. The monoisotopic (exact) mass is 405 g/mol. The molecular weight excluding hydrogens is 370 g/mol. The van der Waals surface area contributed by atoms with E-state index in [2.05, 4.69) is 66.5 Å². The molecule has 0 atom stereocenters. The van der Waals surface area contributed by atoms with Crippen LogP contribution in [0.3, 0.4) is 0 Å². The zero-order chi connectivity index (χ0) is 22.7. The molecule has 0 saturated carbocycles. The summed E-state index contributed by atoms with van der Waals surface area (Å²) in [4.78, 5) is 0. The molecule has 2 aromatic carbocycles. The van der Waals surface area contributed by atoms with Gasteiger partial charge in [0.1, 0.15) is 0 Å². The van der Waals surface area contributed by atoms with Crippen LogP contribution in [0, 0.1) is 11.3 Å². The van der Waals surface area contributed by atoms with E-state index in [0.717, 1.165) is 17.4 Å². The summed E-state index contributed by atoms with van der Waals surface area (Å²) in [7, 11) is 0. The van der Waals surface area contributed by atoms with Crippen LogP contribution in [0.1, 0.15) is 47.1 Å². The number of allylic oxidation sites excluding steroid dienone is 3. The highest BCUT2D eigenvalue weighted by molar-refractivity contribution is 6.11. The van der Waals surface area contributed by atoms with Gasteiger partial charge in [0.2, 0.25) is 0 Å². The van der Waals surface area contributed by atoms with Gasteiger partial charge in [-0.25, -0.2) is 0 Å². The van der Waals surface area contributed by atoms with Crippen LogP contribution in [0.25, 0.3) is 21.8 Å². The zero-order valence-corrected chi connectivity index (χ0v) is 19.1.